The van der Waals surface area contributed by atoms with Crippen molar-refractivity contribution in [3.8, 4) is 0 Å². The number of hydrogen-bond acceptors (Lipinski definition) is 3. The summed E-state index contributed by atoms with van der Waals surface area (Å²) in [6.45, 7) is 7.68. The molecule has 0 aromatic carbocycles. The first-order valence-corrected chi connectivity index (χ1v) is 10.8. The molecule has 27 heavy (non-hydrogen) atoms. The predicted octanol–water partition coefficient (Wildman–Crippen LogP) is 4.91. The lowest BCUT2D eigenvalue weighted by Crippen LogP contribution is -2.65. The highest BCUT2D eigenvalue weighted by Gasteiger charge is 2.43. The second kappa shape index (κ2) is 10.7. The van der Waals surface area contributed by atoms with Crippen LogP contribution in [0.3, 0.4) is 0 Å². The number of amides is 2. The first kappa shape index (κ1) is 21.8. The summed E-state index contributed by atoms with van der Waals surface area (Å²) in [6, 6.07) is -0.332. The maximum absolute atomic E-state index is 12.6. The van der Waals surface area contributed by atoms with Gasteiger partial charge in [-0.15, -0.1) is 0 Å². The molecular weight excluding hydrogens is 340 g/mol. The molecule has 3 aliphatic rings. The summed E-state index contributed by atoms with van der Waals surface area (Å²) in [4.78, 5) is 28.8. The Kier molecular flexibility index (Phi) is 8.65. The van der Waals surface area contributed by atoms with Crippen molar-refractivity contribution in [2.45, 2.75) is 96.6 Å². The van der Waals surface area contributed by atoms with Crippen molar-refractivity contribution in [2.24, 2.45) is 0 Å². The summed E-state index contributed by atoms with van der Waals surface area (Å²) < 4.78 is 5.56. The summed E-state index contributed by atoms with van der Waals surface area (Å²) in [5.74, 6) is 0.0879. The zero-order chi connectivity index (χ0) is 19.7. The molecule has 2 amide bonds. The number of hydrogen-bond donors (Lipinski definition) is 0. The van der Waals surface area contributed by atoms with Crippen LogP contribution in [-0.2, 0) is 9.53 Å². The lowest BCUT2D eigenvalue weighted by molar-refractivity contribution is -0.150. The van der Waals surface area contributed by atoms with Crippen molar-refractivity contribution in [3.63, 3.8) is 0 Å². The van der Waals surface area contributed by atoms with Gasteiger partial charge in [-0.2, -0.15) is 0 Å². The number of carbonyl (C=O) groups is 2. The van der Waals surface area contributed by atoms with Gasteiger partial charge in [0.25, 0.3) is 0 Å². The van der Waals surface area contributed by atoms with E-state index in [2.05, 4.69) is 12.2 Å². The van der Waals surface area contributed by atoms with Crippen molar-refractivity contribution in [2.75, 3.05) is 19.6 Å². The van der Waals surface area contributed by atoms with Crippen LogP contribution in [0, 0.1) is 0 Å². The van der Waals surface area contributed by atoms with Gasteiger partial charge < -0.3 is 9.64 Å². The summed E-state index contributed by atoms with van der Waals surface area (Å²) in [5.41, 5.74) is -0.540. The highest BCUT2D eigenvalue weighted by atomic mass is 16.6. The van der Waals surface area contributed by atoms with Crippen LogP contribution in [0.15, 0.2) is 12.2 Å². The zero-order valence-electron chi connectivity index (χ0n) is 17.5. The second-order valence-electron chi connectivity index (χ2n) is 8.85. The summed E-state index contributed by atoms with van der Waals surface area (Å²) in [5, 5.41) is 0. The number of β-lactam (4-membered cyclic amide) rings is 1. The van der Waals surface area contributed by atoms with Gasteiger partial charge in [0.2, 0.25) is 5.91 Å². The van der Waals surface area contributed by atoms with Gasteiger partial charge in [0.1, 0.15) is 11.6 Å². The predicted molar refractivity (Wildman–Crippen MR) is 109 cm³/mol. The number of carbonyl (C=O) groups excluding carboxylic acids is 2. The molecule has 1 fully saturated rings. The van der Waals surface area contributed by atoms with E-state index in [9.17, 15) is 9.59 Å². The standard InChI is InChI=1S/C22H38N2O3/c1-22(2,3)27-21(26)24-17-15-13-11-9-7-5-4-6-8-10-12-14-16-23-18-19(24)20(23)25/h4-5,19H,6-18H2,1-3H3/b5-4+/t19-/m0/s1. The van der Waals surface area contributed by atoms with Crippen LogP contribution in [0.25, 0.3) is 0 Å². The first-order chi connectivity index (χ1) is 12.9. The van der Waals surface area contributed by atoms with E-state index >= 15 is 0 Å². The first-order valence-electron chi connectivity index (χ1n) is 10.8. The van der Waals surface area contributed by atoms with Crippen LogP contribution < -0.4 is 0 Å². The van der Waals surface area contributed by atoms with Gasteiger partial charge >= 0.3 is 6.09 Å². The van der Waals surface area contributed by atoms with Crippen LogP contribution in [0.1, 0.15) is 85.0 Å². The van der Waals surface area contributed by atoms with Gasteiger partial charge in [-0.1, -0.05) is 37.8 Å². The fraction of sp³-hybridized carbons (Fsp3) is 0.818. The van der Waals surface area contributed by atoms with Gasteiger partial charge in [0.15, 0.2) is 0 Å². The Morgan fingerprint density at radius 2 is 1.48 bits per heavy atom. The van der Waals surface area contributed by atoms with E-state index in [0.717, 1.165) is 45.1 Å². The van der Waals surface area contributed by atoms with E-state index in [0.29, 0.717) is 13.1 Å². The molecular formula is C22H38N2O3. The molecule has 0 N–H and O–H groups in total. The Balaban J connectivity index is 1.94. The molecule has 5 heteroatoms. The molecule has 0 spiro atoms. The molecule has 0 unspecified atom stereocenters. The van der Waals surface area contributed by atoms with Crippen LogP contribution >= 0.6 is 0 Å². The molecule has 0 aromatic heterocycles. The molecule has 1 atom stereocenters. The van der Waals surface area contributed by atoms with Gasteiger partial charge in [0.05, 0.1) is 6.54 Å². The van der Waals surface area contributed by atoms with E-state index in [1.54, 1.807) is 4.90 Å². The van der Waals surface area contributed by atoms with Crippen molar-refractivity contribution < 1.29 is 14.3 Å². The Morgan fingerprint density at radius 3 is 2.04 bits per heavy atom. The van der Waals surface area contributed by atoms with E-state index < -0.39 is 5.60 Å². The van der Waals surface area contributed by atoms with Crippen molar-refractivity contribution in [1.82, 2.24) is 9.80 Å². The molecule has 2 bridgehead atoms. The fourth-order valence-corrected chi connectivity index (χ4v) is 3.66. The van der Waals surface area contributed by atoms with Crippen LogP contribution in [-0.4, -0.2) is 53.1 Å². The minimum atomic E-state index is -0.540. The maximum Gasteiger partial charge on any atom is 0.411 e. The normalized spacial score (nSPS) is 25.1. The Labute approximate surface area is 165 Å². The topological polar surface area (TPSA) is 49.9 Å². The monoisotopic (exact) mass is 378 g/mol. The summed E-state index contributed by atoms with van der Waals surface area (Å²) in [7, 11) is 0. The SMILES string of the molecule is CC(C)(C)OC(=O)N1CCCCCC/C=C/CCCCCCN2C[C@H]1C2=O. The summed E-state index contributed by atoms with van der Waals surface area (Å²) in [6.07, 6.45) is 15.6. The lowest BCUT2D eigenvalue weighted by atomic mass is 10.0. The Hall–Kier alpha value is -1.52. The fourth-order valence-electron chi connectivity index (χ4n) is 3.66. The largest absolute Gasteiger partial charge is 0.444 e. The smallest absolute Gasteiger partial charge is 0.411 e. The highest BCUT2D eigenvalue weighted by Crippen LogP contribution is 2.22. The molecule has 1 saturated heterocycles. The number of fused-ring (bicyclic) bond motifs is 13. The third-order valence-corrected chi connectivity index (χ3v) is 5.23. The quantitative estimate of drug-likeness (QED) is 0.445. The van der Waals surface area contributed by atoms with Crippen LogP contribution in [0.5, 0.6) is 0 Å². The molecule has 154 valence electrons. The van der Waals surface area contributed by atoms with Crippen LogP contribution in [0.4, 0.5) is 4.79 Å². The minimum Gasteiger partial charge on any atom is -0.444 e. The molecule has 0 radical (unpaired) electrons. The van der Waals surface area contributed by atoms with E-state index in [1.165, 1.54) is 25.7 Å². The number of rotatable bonds is 0. The van der Waals surface area contributed by atoms with E-state index in [1.807, 2.05) is 25.7 Å². The number of nitrogens with zero attached hydrogens (tertiary/aromatic N) is 2. The van der Waals surface area contributed by atoms with E-state index in [-0.39, 0.29) is 18.0 Å². The minimum absolute atomic E-state index is 0.0879. The molecule has 3 aliphatic heterocycles. The molecule has 0 saturated carbocycles. The molecule has 5 nitrogen and oxygen atoms in total. The van der Waals surface area contributed by atoms with Gasteiger partial charge in [0, 0.05) is 13.1 Å². The molecule has 3 heterocycles. The molecule has 0 aliphatic carbocycles. The van der Waals surface area contributed by atoms with Crippen molar-refractivity contribution in [3.05, 3.63) is 12.2 Å². The lowest BCUT2D eigenvalue weighted by Gasteiger charge is -2.44. The second-order valence-corrected chi connectivity index (χ2v) is 8.85. The van der Waals surface area contributed by atoms with Gasteiger partial charge in [-0.25, -0.2) is 4.79 Å². The third-order valence-electron chi connectivity index (χ3n) is 5.23. The Bertz CT molecular complexity index is 510. The van der Waals surface area contributed by atoms with Crippen LogP contribution in [0.2, 0.25) is 0 Å². The number of ether oxygens (including phenoxy) is 1. The third kappa shape index (κ3) is 7.55. The highest BCUT2D eigenvalue weighted by molar-refractivity contribution is 5.91. The average Bonchev–Trinajstić information content (AvgIpc) is 2.59. The maximum atomic E-state index is 12.6. The van der Waals surface area contributed by atoms with Crippen molar-refractivity contribution in [1.29, 1.82) is 0 Å². The summed E-state index contributed by atoms with van der Waals surface area (Å²) >= 11 is 0. The zero-order valence-corrected chi connectivity index (χ0v) is 17.5. The van der Waals surface area contributed by atoms with Gasteiger partial charge in [-0.3, -0.25) is 9.69 Å². The average molecular weight is 379 g/mol. The molecule has 0 aromatic rings. The van der Waals surface area contributed by atoms with Gasteiger partial charge in [-0.05, 0) is 59.3 Å². The van der Waals surface area contributed by atoms with E-state index in [4.69, 9.17) is 4.74 Å². The van der Waals surface area contributed by atoms with Crippen molar-refractivity contribution >= 4 is 12.0 Å². The number of allylic oxidation sites excluding steroid dienone is 2. The molecule has 3 rings (SSSR count). The Morgan fingerprint density at radius 1 is 0.926 bits per heavy atom.